The first-order chi connectivity index (χ1) is 13.7. The number of Topliss-reactive ketones (excluding diaryl/α,β-unsaturated/α-hetero) is 1. The van der Waals surface area contributed by atoms with Crippen LogP contribution in [-0.2, 0) is 9.53 Å². The fourth-order valence-corrected chi connectivity index (χ4v) is 3.71. The molecule has 1 aromatic heterocycles. The highest BCUT2D eigenvalue weighted by molar-refractivity contribution is 6.15. The van der Waals surface area contributed by atoms with Gasteiger partial charge in [-0.1, -0.05) is 30.3 Å². The Labute approximate surface area is 162 Å². The second kappa shape index (κ2) is 8.00. The van der Waals surface area contributed by atoms with E-state index in [-0.39, 0.29) is 11.3 Å². The summed E-state index contributed by atoms with van der Waals surface area (Å²) in [6, 6.07) is 11.8. The highest BCUT2D eigenvalue weighted by Crippen LogP contribution is 2.38. The minimum atomic E-state index is -0.646. The third-order valence-electron chi connectivity index (χ3n) is 5.17. The zero-order valence-electron chi connectivity index (χ0n) is 15.4. The summed E-state index contributed by atoms with van der Waals surface area (Å²) < 4.78 is 10.6. The number of ether oxygens (including phenoxy) is 1. The lowest BCUT2D eigenvalue weighted by atomic mass is 9.95. The summed E-state index contributed by atoms with van der Waals surface area (Å²) in [7, 11) is 0. The van der Waals surface area contributed by atoms with E-state index in [2.05, 4.69) is 4.90 Å². The Morgan fingerprint density at radius 1 is 1.07 bits per heavy atom. The fraction of sp³-hybridized carbons (Fsp3) is 0.333. The molecule has 4 rings (SSSR count). The monoisotopic (exact) mass is 382 g/mol. The summed E-state index contributed by atoms with van der Waals surface area (Å²) in [5.41, 5.74) is 0.838. The zero-order chi connectivity index (χ0) is 19.5. The van der Waals surface area contributed by atoms with Crippen LogP contribution in [0.15, 0.2) is 64.5 Å². The van der Waals surface area contributed by atoms with Crippen molar-refractivity contribution in [3.63, 3.8) is 0 Å². The Hall–Kier alpha value is -2.90. The van der Waals surface area contributed by atoms with Crippen LogP contribution in [0.4, 0.5) is 0 Å². The summed E-state index contributed by atoms with van der Waals surface area (Å²) in [6.07, 6.45) is 1.40. The fourth-order valence-electron chi connectivity index (χ4n) is 3.71. The minimum Gasteiger partial charge on any atom is -0.503 e. The number of rotatable bonds is 6. The Balaban J connectivity index is 1.64. The van der Waals surface area contributed by atoms with Gasteiger partial charge in [-0.3, -0.25) is 14.5 Å². The van der Waals surface area contributed by atoms with Gasteiger partial charge in [0.1, 0.15) is 0 Å². The standard InChI is InChI=1S/C21H22N2O5/c24-19(16-7-4-12-28-16)17-18(15-5-2-1-3-6-15)23(21(26)20(17)25)9-8-22-10-13-27-14-11-22/h1-7,12,18,25H,8-11,13-14H2/t18-/m1/s1. The Kier molecular flexibility index (Phi) is 5.27. The maximum Gasteiger partial charge on any atom is 0.290 e. The molecule has 7 nitrogen and oxygen atoms in total. The molecule has 0 spiro atoms. The molecule has 1 atom stereocenters. The molecule has 1 fully saturated rings. The van der Waals surface area contributed by atoms with Crippen LogP contribution in [-0.4, -0.2) is 66.0 Å². The van der Waals surface area contributed by atoms with Crippen LogP contribution in [0.3, 0.4) is 0 Å². The molecule has 2 aliphatic heterocycles. The first kappa shape index (κ1) is 18.5. The number of aliphatic hydroxyl groups is 1. The molecule has 0 bridgehead atoms. The SMILES string of the molecule is O=C(C1=C(O)C(=O)N(CCN2CCOCC2)[C@@H]1c1ccccc1)c1ccco1. The lowest BCUT2D eigenvalue weighted by Crippen LogP contribution is -2.43. The molecule has 28 heavy (non-hydrogen) atoms. The summed E-state index contributed by atoms with van der Waals surface area (Å²) >= 11 is 0. The third kappa shape index (κ3) is 3.46. The second-order valence-electron chi connectivity index (χ2n) is 6.83. The van der Waals surface area contributed by atoms with Gasteiger partial charge in [0.15, 0.2) is 11.5 Å². The lowest BCUT2D eigenvalue weighted by molar-refractivity contribution is -0.129. The van der Waals surface area contributed by atoms with Crippen LogP contribution in [0.25, 0.3) is 0 Å². The molecule has 2 aromatic rings. The van der Waals surface area contributed by atoms with Crippen molar-refractivity contribution in [3.05, 3.63) is 71.4 Å². The van der Waals surface area contributed by atoms with Crippen molar-refractivity contribution in [1.29, 1.82) is 0 Å². The van der Waals surface area contributed by atoms with Gasteiger partial charge in [0.25, 0.3) is 5.91 Å². The topological polar surface area (TPSA) is 83.2 Å². The van der Waals surface area contributed by atoms with Gasteiger partial charge in [-0.05, 0) is 17.7 Å². The zero-order valence-corrected chi connectivity index (χ0v) is 15.4. The van der Waals surface area contributed by atoms with Crippen LogP contribution in [0.2, 0.25) is 0 Å². The average Bonchev–Trinajstić information content (AvgIpc) is 3.36. The van der Waals surface area contributed by atoms with Crippen LogP contribution in [0, 0.1) is 0 Å². The summed E-state index contributed by atoms with van der Waals surface area (Å²) in [4.78, 5) is 29.6. The molecule has 3 heterocycles. The van der Waals surface area contributed by atoms with E-state index >= 15 is 0 Å². The van der Waals surface area contributed by atoms with Crippen LogP contribution in [0.5, 0.6) is 0 Å². The van der Waals surface area contributed by atoms with Crippen LogP contribution < -0.4 is 0 Å². The number of hydrogen-bond donors (Lipinski definition) is 1. The number of aliphatic hydroxyl groups excluding tert-OH is 1. The summed E-state index contributed by atoms with van der Waals surface area (Å²) in [5.74, 6) is -1.40. The molecule has 1 saturated heterocycles. The van der Waals surface area contributed by atoms with Gasteiger partial charge in [0.05, 0.1) is 31.1 Å². The molecule has 146 valence electrons. The van der Waals surface area contributed by atoms with Crippen molar-refractivity contribution in [3.8, 4) is 0 Å². The van der Waals surface area contributed by atoms with Crippen molar-refractivity contribution >= 4 is 11.7 Å². The molecule has 2 aliphatic rings. The van der Waals surface area contributed by atoms with E-state index in [0.29, 0.717) is 26.3 Å². The number of carbonyl (C=O) groups excluding carboxylic acids is 2. The van der Waals surface area contributed by atoms with E-state index < -0.39 is 23.5 Å². The molecule has 0 unspecified atom stereocenters. The molecule has 0 aliphatic carbocycles. The van der Waals surface area contributed by atoms with Crippen LogP contribution in [0.1, 0.15) is 22.2 Å². The molecule has 0 saturated carbocycles. The van der Waals surface area contributed by atoms with Gasteiger partial charge >= 0.3 is 0 Å². The number of benzene rings is 1. The highest BCUT2D eigenvalue weighted by Gasteiger charge is 2.44. The van der Waals surface area contributed by atoms with E-state index in [9.17, 15) is 14.7 Å². The van der Waals surface area contributed by atoms with Crippen LogP contribution >= 0.6 is 0 Å². The largest absolute Gasteiger partial charge is 0.503 e. The van der Waals surface area contributed by atoms with Crippen molar-refractivity contribution in [2.24, 2.45) is 0 Å². The molecular formula is C21H22N2O5. The van der Waals surface area contributed by atoms with Gasteiger partial charge in [0, 0.05) is 26.2 Å². The number of ketones is 1. The van der Waals surface area contributed by atoms with E-state index in [0.717, 1.165) is 18.7 Å². The second-order valence-corrected chi connectivity index (χ2v) is 6.83. The van der Waals surface area contributed by atoms with Crippen molar-refractivity contribution in [2.45, 2.75) is 6.04 Å². The quantitative estimate of drug-likeness (QED) is 0.771. The molecular weight excluding hydrogens is 360 g/mol. The normalized spacial score (nSPS) is 20.8. The van der Waals surface area contributed by atoms with E-state index in [1.165, 1.54) is 12.3 Å². The summed E-state index contributed by atoms with van der Waals surface area (Å²) in [5, 5.41) is 10.6. The Bertz CT molecular complexity index is 869. The summed E-state index contributed by atoms with van der Waals surface area (Å²) in [6.45, 7) is 3.99. The van der Waals surface area contributed by atoms with Crippen molar-refractivity contribution in [2.75, 3.05) is 39.4 Å². The van der Waals surface area contributed by atoms with Gasteiger partial charge in [-0.2, -0.15) is 0 Å². The predicted octanol–water partition coefficient (Wildman–Crippen LogP) is 2.19. The van der Waals surface area contributed by atoms with E-state index in [1.54, 1.807) is 11.0 Å². The highest BCUT2D eigenvalue weighted by atomic mass is 16.5. The van der Waals surface area contributed by atoms with Crippen molar-refractivity contribution < 1.29 is 23.8 Å². The van der Waals surface area contributed by atoms with Gasteiger partial charge in [-0.15, -0.1) is 0 Å². The molecule has 0 radical (unpaired) electrons. The lowest BCUT2D eigenvalue weighted by Gasteiger charge is -2.31. The number of morpholine rings is 1. The maximum atomic E-state index is 13.0. The minimum absolute atomic E-state index is 0.0631. The molecule has 1 amide bonds. The number of hydrogen-bond acceptors (Lipinski definition) is 6. The number of carbonyl (C=O) groups is 2. The first-order valence-electron chi connectivity index (χ1n) is 9.34. The van der Waals surface area contributed by atoms with Gasteiger partial charge < -0.3 is 19.2 Å². The molecule has 7 heteroatoms. The van der Waals surface area contributed by atoms with Gasteiger partial charge in [-0.25, -0.2) is 0 Å². The predicted molar refractivity (Wildman–Crippen MR) is 101 cm³/mol. The smallest absolute Gasteiger partial charge is 0.290 e. The number of furan rings is 1. The molecule has 1 aromatic carbocycles. The Morgan fingerprint density at radius 2 is 1.82 bits per heavy atom. The Morgan fingerprint density at radius 3 is 2.50 bits per heavy atom. The van der Waals surface area contributed by atoms with E-state index in [1.807, 2.05) is 30.3 Å². The average molecular weight is 382 g/mol. The first-order valence-corrected chi connectivity index (χ1v) is 9.34. The maximum absolute atomic E-state index is 13.0. The number of nitrogens with zero attached hydrogens (tertiary/aromatic N) is 2. The van der Waals surface area contributed by atoms with Gasteiger partial charge in [0.2, 0.25) is 5.78 Å². The molecule has 1 N–H and O–H groups in total. The van der Waals surface area contributed by atoms with Crippen molar-refractivity contribution in [1.82, 2.24) is 9.80 Å². The third-order valence-corrected chi connectivity index (χ3v) is 5.17. The van der Waals surface area contributed by atoms with E-state index in [4.69, 9.17) is 9.15 Å². The number of amides is 1.